The van der Waals surface area contributed by atoms with E-state index in [4.69, 9.17) is 0 Å². The van der Waals surface area contributed by atoms with Gasteiger partial charge in [0.05, 0.1) is 17.7 Å². The van der Waals surface area contributed by atoms with Gasteiger partial charge < -0.3 is 19.7 Å². The van der Waals surface area contributed by atoms with Crippen LogP contribution < -0.4 is 0 Å². The highest BCUT2D eigenvalue weighted by atomic mass is 16.4. The summed E-state index contributed by atoms with van der Waals surface area (Å²) in [4.78, 5) is 14.0. The Morgan fingerprint density at radius 2 is 1.96 bits per heavy atom. The number of aromatic nitrogens is 1. The standard InChI is InChI=1S/C18H24N2O3/c1-13-14(7-10-19-8-2-3-9-19)15-5-4-6-16(18(22)23)17(15)20(13)11-12-21/h4-6,21H,2-3,7-12H2,1H3,(H,22,23). The maximum absolute atomic E-state index is 11.6. The molecule has 0 spiro atoms. The van der Waals surface area contributed by atoms with Gasteiger partial charge >= 0.3 is 5.97 Å². The fraction of sp³-hybridized carbons (Fsp3) is 0.500. The summed E-state index contributed by atoms with van der Waals surface area (Å²) in [6.45, 7) is 5.79. The molecular formula is C18H24N2O3. The van der Waals surface area contributed by atoms with Crippen LogP contribution in [0.5, 0.6) is 0 Å². The van der Waals surface area contributed by atoms with Gasteiger partial charge in [-0.3, -0.25) is 0 Å². The molecule has 0 radical (unpaired) electrons. The Bertz CT molecular complexity index is 715. The summed E-state index contributed by atoms with van der Waals surface area (Å²) in [5.41, 5.74) is 3.33. The number of carbonyl (C=O) groups is 1. The van der Waals surface area contributed by atoms with Crippen LogP contribution in [-0.4, -0.2) is 51.9 Å². The molecule has 0 atom stereocenters. The zero-order valence-corrected chi connectivity index (χ0v) is 13.6. The molecule has 0 bridgehead atoms. The molecule has 0 unspecified atom stereocenters. The van der Waals surface area contributed by atoms with E-state index in [9.17, 15) is 15.0 Å². The quantitative estimate of drug-likeness (QED) is 0.858. The zero-order chi connectivity index (χ0) is 16.4. The van der Waals surface area contributed by atoms with Gasteiger partial charge in [0.25, 0.3) is 0 Å². The highest BCUT2D eigenvalue weighted by Gasteiger charge is 2.20. The van der Waals surface area contributed by atoms with Gasteiger partial charge in [-0.1, -0.05) is 12.1 Å². The lowest BCUT2D eigenvalue weighted by atomic mass is 10.1. The summed E-state index contributed by atoms with van der Waals surface area (Å²) < 4.78 is 1.96. The minimum absolute atomic E-state index is 0.00411. The predicted molar refractivity (Wildman–Crippen MR) is 90.1 cm³/mol. The van der Waals surface area contributed by atoms with E-state index in [0.29, 0.717) is 12.1 Å². The summed E-state index contributed by atoms with van der Waals surface area (Å²) in [6, 6.07) is 5.46. The van der Waals surface area contributed by atoms with Crippen molar-refractivity contribution in [3.8, 4) is 0 Å². The van der Waals surface area contributed by atoms with Gasteiger partial charge in [0.1, 0.15) is 0 Å². The fourth-order valence-electron chi connectivity index (χ4n) is 3.75. The van der Waals surface area contributed by atoms with Crippen molar-refractivity contribution in [2.45, 2.75) is 32.7 Å². The Labute approximate surface area is 136 Å². The summed E-state index contributed by atoms with van der Waals surface area (Å²) in [7, 11) is 0. The second-order valence-electron chi connectivity index (χ2n) is 6.24. The van der Waals surface area contributed by atoms with E-state index in [0.717, 1.165) is 42.7 Å². The first-order valence-electron chi connectivity index (χ1n) is 8.30. The number of benzene rings is 1. The number of nitrogens with zero attached hydrogens (tertiary/aromatic N) is 2. The second kappa shape index (κ2) is 6.72. The van der Waals surface area contributed by atoms with Crippen LogP contribution in [0.25, 0.3) is 10.9 Å². The Morgan fingerprint density at radius 1 is 1.22 bits per heavy atom. The molecule has 2 heterocycles. The van der Waals surface area contributed by atoms with Crippen LogP contribution in [0, 0.1) is 6.92 Å². The lowest BCUT2D eigenvalue weighted by Gasteiger charge is -2.14. The maximum Gasteiger partial charge on any atom is 0.337 e. The SMILES string of the molecule is Cc1c(CCN2CCCC2)c2cccc(C(=O)O)c2n1CCO. The normalized spacial score (nSPS) is 15.6. The molecule has 1 fully saturated rings. The molecule has 0 amide bonds. The van der Waals surface area contributed by atoms with Gasteiger partial charge in [-0.05, 0) is 50.9 Å². The van der Waals surface area contributed by atoms with E-state index >= 15 is 0 Å². The molecule has 5 heteroatoms. The third-order valence-electron chi connectivity index (χ3n) is 4.90. The lowest BCUT2D eigenvalue weighted by Crippen LogP contribution is -2.22. The Hall–Kier alpha value is -1.85. The highest BCUT2D eigenvalue weighted by Crippen LogP contribution is 2.29. The van der Waals surface area contributed by atoms with Crippen LogP contribution in [0.1, 0.15) is 34.5 Å². The number of carboxylic acids is 1. The number of para-hydroxylation sites is 1. The third-order valence-corrected chi connectivity index (χ3v) is 4.90. The third kappa shape index (κ3) is 2.99. The van der Waals surface area contributed by atoms with Crippen LogP contribution in [0.4, 0.5) is 0 Å². The number of likely N-dealkylation sites (tertiary alicyclic amines) is 1. The maximum atomic E-state index is 11.6. The molecule has 1 saturated heterocycles. The van der Waals surface area contributed by atoms with Gasteiger partial charge in [-0.2, -0.15) is 0 Å². The number of fused-ring (bicyclic) bond motifs is 1. The van der Waals surface area contributed by atoms with E-state index < -0.39 is 5.97 Å². The number of aliphatic hydroxyl groups excluding tert-OH is 1. The van der Waals surface area contributed by atoms with Crippen molar-refractivity contribution in [2.24, 2.45) is 0 Å². The second-order valence-corrected chi connectivity index (χ2v) is 6.24. The number of aliphatic hydroxyl groups is 1. The summed E-state index contributed by atoms with van der Waals surface area (Å²) in [6.07, 6.45) is 3.46. The van der Waals surface area contributed by atoms with E-state index in [-0.39, 0.29) is 6.61 Å². The number of hydrogen-bond acceptors (Lipinski definition) is 3. The minimum Gasteiger partial charge on any atom is -0.478 e. The van der Waals surface area contributed by atoms with Crippen LogP contribution >= 0.6 is 0 Å². The van der Waals surface area contributed by atoms with Gasteiger partial charge in [-0.15, -0.1) is 0 Å². The van der Waals surface area contributed by atoms with E-state index in [1.54, 1.807) is 6.07 Å². The number of carboxylic acid groups (broad SMARTS) is 1. The summed E-state index contributed by atoms with van der Waals surface area (Å²) in [5, 5.41) is 19.9. The number of aromatic carboxylic acids is 1. The van der Waals surface area contributed by atoms with Crippen molar-refractivity contribution in [3.05, 3.63) is 35.0 Å². The molecule has 1 aromatic carbocycles. The number of hydrogen-bond donors (Lipinski definition) is 2. The molecular weight excluding hydrogens is 292 g/mol. The monoisotopic (exact) mass is 316 g/mol. The first-order chi connectivity index (χ1) is 11.1. The smallest absolute Gasteiger partial charge is 0.337 e. The van der Waals surface area contributed by atoms with Crippen LogP contribution in [0.2, 0.25) is 0 Å². The molecule has 1 aromatic heterocycles. The molecule has 3 rings (SSSR count). The minimum atomic E-state index is -0.918. The fourth-order valence-corrected chi connectivity index (χ4v) is 3.75. The molecule has 1 aliphatic rings. The average Bonchev–Trinajstić information content (AvgIpc) is 3.13. The molecule has 2 aromatic rings. The van der Waals surface area contributed by atoms with Gasteiger partial charge in [0.15, 0.2) is 0 Å². The highest BCUT2D eigenvalue weighted by molar-refractivity contribution is 6.03. The Balaban J connectivity index is 2.04. The molecule has 124 valence electrons. The molecule has 2 N–H and O–H groups in total. The largest absolute Gasteiger partial charge is 0.478 e. The van der Waals surface area contributed by atoms with Crippen molar-refractivity contribution in [1.29, 1.82) is 0 Å². The first kappa shape index (κ1) is 16.0. The summed E-state index contributed by atoms with van der Waals surface area (Å²) >= 11 is 0. The predicted octanol–water partition coefficient (Wildman–Crippen LogP) is 2.28. The van der Waals surface area contributed by atoms with E-state index in [1.165, 1.54) is 18.4 Å². The van der Waals surface area contributed by atoms with E-state index in [2.05, 4.69) is 4.90 Å². The van der Waals surface area contributed by atoms with Gasteiger partial charge in [0.2, 0.25) is 0 Å². The van der Waals surface area contributed by atoms with Gasteiger partial charge in [-0.25, -0.2) is 4.79 Å². The van der Waals surface area contributed by atoms with Crippen molar-refractivity contribution in [1.82, 2.24) is 9.47 Å². The molecule has 0 saturated carbocycles. The summed E-state index contributed by atoms with van der Waals surface area (Å²) in [5.74, 6) is -0.918. The molecule has 1 aliphatic heterocycles. The van der Waals surface area contributed by atoms with Gasteiger partial charge in [0, 0.05) is 24.2 Å². The van der Waals surface area contributed by atoms with Crippen molar-refractivity contribution in [2.75, 3.05) is 26.2 Å². The lowest BCUT2D eigenvalue weighted by molar-refractivity contribution is 0.0698. The molecule has 23 heavy (non-hydrogen) atoms. The van der Waals surface area contributed by atoms with Crippen LogP contribution in [0.15, 0.2) is 18.2 Å². The van der Waals surface area contributed by atoms with E-state index in [1.807, 2.05) is 23.6 Å². The van der Waals surface area contributed by atoms with Crippen LogP contribution in [-0.2, 0) is 13.0 Å². The Morgan fingerprint density at radius 3 is 2.61 bits per heavy atom. The average molecular weight is 316 g/mol. The van der Waals surface area contributed by atoms with Crippen LogP contribution in [0.3, 0.4) is 0 Å². The van der Waals surface area contributed by atoms with Crippen molar-refractivity contribution >= 4 is 16.9 Å². The molecule has 0 aliphatic carbocycles. The molecule has 5 nitrogen and oxygen atoms in total. The Kier molecular flexibility index (Phi) is 4.68. The number of rotatable bonds is 6. The van der Waals surface area contributed by atoms with Crippen molar-refractivity contribution in [3.63, 3.8) is 0 Å². The topological polar surface area (TPSA) is 65.7 Å². The van der Waals surface area contributed by atoms with Crippen molar-refractivity contribution < 1.29 is 15.0 Å². The zero-order valence-electron chi connectivity index (χ0n) is 13.6. The first-order valence-corrected chi connectivity index (χ1v) is 8.30.